The van der Waals surface area contributed by atoms with Crippen LogP contribution < -0.4 is 0 Å². The predicted octanol–water partition coefficient (Wildman–Crippen LogP) is 24.3. The first-order valence-corrected chi connectivity index (χ1v) is 35.3. The van der Waals surface area contributed by atoms with Crippen molar-refractivity contribution in [1.82, 2.24) is 0 Å². The molecule has 0 bridgehead atoms. The highest BCUT2D eigenvalue weighted by molar-refractivity contribution is 5.71. The van der Waals surface area contributed by atoms with Gasteiger partial charge in [0.15, 0.2) is 6.10 Å². The Morgan fingerprint density at radius 3 is 0.762 bits per heavy atom. The number of carbonyl (C=O) groups excluding carboxylic acids is 3. The average Bonchev–Trinajstić information content (AvgIpc) is 3.46. The Hall–Kier alpha value is -2.89. The predicted molar refractivity (Wildman–Crippen MR) is 348 cm³/mol. The summed E-state index contributed by atoms with van der Waals surface area (Å²) >= 11 is 0. The van der Waals surface area contributed by atoms with Gasteiger partial charge in [-0.05, 0) is 64.2 Å². The van der Waals surface area contributed by atoms with Gasteiger partial charge in [-0.2, -0.15) is 0 Å². The zero-order valence-corrected chi connectivity index (χ0v) is 53.6. The molecule has 1 atom stereocenters. The Labute approximate surface area is 498 Å². The van der Waals surface area contributed by atoms with Crippen molar-refractivity contribution in [2.45, 2.75) is 380 Å². The molecule has 0 rings (SSSR count). The van der Waals surface area contributed by atoms with E-state index in [1.807, 2.05) is 0 Å². The van der Waals surface area contributed by atoms with Crippen LogP contribution in [0.5, 0.6) is 0 Å². The van der Waals surface area contributed by atoms with Crippen molar-refractivity contribution in [2.75, 3.05) is 13.2 Å². The summed E-state index contributed by atoms with van der Waals surface area (Å²) in [6.45, 7) is 6.58. The van der Waals surface area contributed by atoms with Gasteiger partial charge in [0.05, 0.1) is 0 Å². The monoisotopic (exact) mass is 1120 g/mol. The lowest BCUT2D eigenvalue weighted by molar-refractivity contribution is -0.167. The number of rotatable bonds is 65. The Morgan fingerprint density at radius 2 is 0.487 bits per heavy atom. The summed E-state index contributed by atoms with van der Waals surface area (Å²) in [6.07, 6.45) is 88.2. The molecule has 1 unspecified atom stereocenters. The van der Waals surface area contributed by atoms with Gasteiger partial charge in [0.25, 0.3) is 0 Å². The minimum Gasteiger partial charge on any atom is -0.462 e. The summed E-state index contributed by atoms with van der Waals surface area (Å²) in [4.78, 5) is 38.4. The maximum Gasteiger partial charge on any atom is 0.306 e. The second kappa shape index (κ2) is 68.6. The molecule has 466 valence electrons. The fourth-order valence-corrected chi connectivity index (χ4v) is 10.5. The van der Waals surface area contributed by atoms with E-state index in [1.54, 1.807) is 0 Å². The molecular weight excluding hydrogens is 985 g/mol. The number of allylic oxidation sites excluding steroid dienone is 10. The maximum atomic E-state index is 13.0. The van der Waals surface area contributed by atoms with Crippen LogP contribution in [0.25, 0.3) is 0 Å². The SMILES string of the molecule is CC/C=C\C/C=C\C/C=C\C/C=C\C/C=C\CCCCCCCCCCCC(=O)OCC(COC(=O)CCCCCCCCCCCCCC)OC(=O)CCCCCCCCCCCCCCCCCCCCCCCCCCC. The molecule has 6 nitrogen and oxygen atoms in total. The van der Waals surface area contributed by atoms with E-state index in [1.165, 1.54) is 238 Å². The minimum atomic E-state index is -0.774. The Balaban J connectivity index is 4.23. The van der Waals surface area contributed by atoms with Crippen LogP contribution in [0.3, 0.4) is 0 Å². The molecule has 0 fully saturated rings. The average molecular weight is 1120 g/mol. The van der Waals surface area contributed by atoms with Crippen molar-refractivity contribution in [2.24, 2.45) is 0 Å². The van der Waals surface area contributed by atoms with Crippen molar-refractivity contribution >= 4 is 17.9 Å². The van der Waals surface area contributed by atoms with Crippen LogP contribution >= 0.6 is 0 Å². The van der Waals surface area contributed by atoms with E-state index in [-0.39, 0.29) is 31.1 Å². The molecular formula is C74H134O6. The number of unbranched alkanes of at least 4 members (excludes halogenated alkanes) is 44. The molecule has 80 heavy (non-hydrogen) atoms. The van der Waals surface area contributed by atoms with Gasteiger partial charge in [0, 0.05) is 19.3 Å². The number of esters is 3. The van der Waals surface area contributed by atoms with Gasteiger partial charge < -0.3 is 14.2 Å². The first kappa shape index (κ1) is 77.1. The lowest BCUT2D eigenvalue weighted by atomic mass is 10.0. The smallest absolute Gasteiger partial charge is 0.306 e. The van der Waals surface area contributed by atoms with Gasteiger partial charge in [-0.15, -0.1) is 0 Å². The standard InChI is InChI=1S/C74H134O6/c1-4-7-10-13-16-19-22-25-27-29-31-33-35-37-39-41-43-45-47-49-52-55-58-61-64-67-73(76)79-70-71(69-78-72(75)66-63-60-57-54-51-24-21-18-15-12-9-6-3)80-74(77)68-65-62-59-56-53-50-48-46-44-42-40-38-36-34-32-30-28-26-23-20-17-14-11-8-5-2/h7,10,16,19,25,27,31,33,37,39,71H,4-6,8-9,11-15,17-18,20-24,26,28-30,32,34-36,38,40-70H2,1-3H3/b10-7-,19-16-,27-25-,33-31-,39-37-. The molecule has 0 saturated heterocycles. The van der Waals surface area contributed by atoms with Crippen LogP contribution in [-0.2, 0) is 28.6 Å². The first-order valence-electron chi connectivity index (χ1n) is 35.3. The number of carbonyl (C=O) groups is 3. The van der Waals surface area contributed by atoms with Crippen LogP contribution in [0.4, 0.5) is 0 Å². The van der Waals surface area contributed by atoms with Crippen LogP contribution in [0, 0.1) is 0 Å². The second-order valence-electron chi connectivity index (χ2n) is 23.8. The van der Waals surface area contributed by atoms with E-state index in [2.05, 4.69) is 81.5 Å². The van der Waals surface area contributed by atoms with Gasteiger partial charge in [0.2, 0.25) is 0 Å². The summed E-state index contributed by atoms with van der Waals surface area (Å²) in [5.41, 5.74) is 0. The molecule has 0 aromatic heterocycles. The Bertz CT molecular complexity index is 1430. The summed E-state index contributed by atoms with van der Waals surface area (Å²) in [6, 6.07) is 0. The molecule has 0 amide bonds. The van der Waals surface area contributed by atoms with E-state index >= 15 is 0 Å². The molecule has 0 heterocycles. The van der Waals surface area contributed by atoms with Gasteiger partial charge in [-0.1, -0.05) is 351 Å². The highest BCUT2D eigenvalue weighted by Crippen LogP contribution is 2.18. The van der Waals surface area contributed by atoms with Crippen molar-refractivity contribution < 1.29 is 28.6 Å². The molecule has 0 aliphatic heterocycles. The van der Waals surface area contributed by atoms with Gasteiger partial charge in [-0.3, -0.25) is 14.4 Å². The zero-order chi connectivity index (χ0) is 57.8. The van der Waals surface area contributed by atoms with Gasteiger partial charge in [-0.25, -0.2) is 0 Å². The van der Waals surface area contributed by atoms with Crippen LogP contribution in [-0.4, -0.2) is 37.2 Å². The van der Waals surface area contributed by atoms with Crippen molar-refractivity contribution in [3.63, 3.8) is 0 Å². The number of hydrogen-bond donors (Lipinski definition) is 0. The van der Waals surface area contributed by atoms with Crippen molar-refractivity contribution in [3.8, 4) is 0 Å². The number of ether oxygens (including phenoxy) is 3. The van der Waals surface area contributed by atoms with Gasteiger partial charge in [0.1, 0.15) is 13.2 Å². The lowest BCUT2D eigenvalue weighted by Gasteiger charge is -2.18. The third-order valence-corrected chi connectivity index (χ3v) is 15.8. The Morgan fingerprint density at radius 1 is 0.263 bits per heavy atom. The molecule has 0 radical (unpaired) electrons. The third-order valence-electron chi connectivity index (χ3n) is 15.8. The van der Waals surface area contributed by atoms with E-state index in [0.29, 0.717) is 19.3 Å². The van der Waals surface area contributed by atoms with Crippen molar-refractivity contribution in [3.05, 3.63) is 60.8 Å². The second-order valence-corrected chi connectivity index (χ2v) is 23.8. The highest BCUT2D eigenvalue weighted by atomic mass is 16.6. The molecule has 6 heteroatoms. The number of hydrogen-bond acceptors (Lipinski definition) is 6. The van der Waals surface area contributed by atoms with E-state index in [0.717, 1.165) is 96.3 Å². The molecule has 0 aliphatic carbocycles. The summed E-state index contributed by atoms with van der Waals surface area (Å²) in [5.74, 6) is -0.852. The fourth-order valence-electron chi connectivity index (χ4n) is 10.5. The quantitative estimate of drug-likeness (QED) is 0.0261. The van der Waals surface area contributed by atoms with Crippen LogP contribution in [0.2, 0.25) is 0 Å². The molecule has 0 aliphatic rings. The molecule has 0 aromatic carbocycles. The highest BCUT2D eigenvalue weighted by Gasteiger charge is 2.19. The third kappa shape index (κ3) is 65.9. The van der Waals surface area contributed by atoms with Crippen LogP contribution in [0.1, 0.15) is 374 Å². The molecule has 0 saturated carbocycles. The minimum absolute atomic E-state index is 0.0705. The van der Waals surface area contributed by atoms with E-state index < -0.39 is 6.10 Å². The summed E-state index contributed by atoms with van der Waals surface area (Å²) < 4.78 is 17.0. The lowest BCUT2D eigenvalue weighted by Crippen LogP contribution is -2.30. The Kier molecular flexibility index (Phi) is 66.1. The largest absolute Gasteiger partial charge is 0.462 e. The van der Waals surface area contributed by atoms with E-state index in [4.69, 9.17) is 14.2 Å². The topological polar surface area (TPSA) is 78.9 Å². The summed E-state index contributed by atoms with van der Waals surface area (Å²) in [7, 11) is 0. The van der Waals surface area contributed by atoms with Crippen LogP contribution in [0.15, 0.2) is 60.8 Å². The first-order chi connectivity index (χ1) is 39.5. The van der Waals surface area contributed by atoms with Crippen molar-refractivity contribution in [1.29, 1.82) is 0 Å². The maximum absolute atomic E-state index is 13.0. The van der Waals surface area contributed by atoms with E-state index in [9.17, 15) is 14.4 Å². The fraction of sp³-hybridized carbons (Fsp3) is 0.824. The normalized spacial score (nSPS) is 12.4. The molecule has 0 N–H and O–H groups in total. The summed E-state index contributed by atoms with van der Waals surface area (Å²) in [5, 5.41) is 0. The van der Waals surface area contributed by atoms with Gasteiger partial charge >= 0.3 is 17.9 Å². The molecule has 0 spiro atoms. The zero-order valence-electron chi connectivity index (χ0n) is 53.6. The molecule has 0 aromatic rings.